The van der Waals surface area contributed by atoms with Crippen LogP contribution in [0.25, 0.3) is 5.57 Å². The lowest BCUT2D eigenvalue weighted by Gasteiger charge is -2.21. The molecule has 0 unspecified atom stereocenters. The van der Waals surface area contributed by atoms with E-state index in [1.165, 1.54) is 5.01 Å². The summed E-state index contributed by atoms with van der Waals surface area (Å²) in [7, 11) is 3.64. The number of hydrogen-bond acceptors (Lipinski definition) is 5. The Morgan fingerprint density at radius 1 is 1.03 bits per heavy atom. The molecule has 6 nitrogen and oxygen atoms in total. The molecule has 0 aliphatic carbocycles. The lowest BCUT2D eigenvalue weighted by Crippen LogP contribution is -2.26. The molecule has 1 amide bonds. The van der Waals surface area contributed by atoms with Gasteiger partial charge in [0.05, 0.1) is 11.3 Å². The average molecular weight is 387 g/mol. The smallest absolute Gasteiger partial charge is 0.283 e. The topological polar surface area (TPSA) is 62.9 Å². The molecule has 29 heavy (non-hydrogen) atoms. The zero-order valence-electron chi connectivity index (χ0n) is 17.3. The molecule has 0 saturated carbocycles. The van der Waals surface area contributed by atoms with Crippen molar-refractivity contribution in [2.45, 2.75) is 13.8 Å². The number of para-hydroxylation sites is 1. The summed E-state index contributed by atoms with van der Waals surface area (Å²) >= 11 is 0. The van der Waals surface area contributed by atoms with E-state index in [0.717, 1.165) is 18.8 Å². The number of anilines is 2. The first-order chi connectivity index (χ1) is 14.0. The first kappa shape index (κ1) is 20.2. The molecule has 0 bridgehead atoms. The summed E-state index contributed by atoms with van der Waals surface area (Å²) < 4.78 is 0. The number of nitriles is 1. The van der Waals surface area contributed by atoms with Crippen LogP contribution in [0.5, 0.6) is 0 Å². The molecule has 0 radical (unpaired) electrons. The van der Waals surface area contributed by atoms with E-state index in [1.807, 2.05) is 68.7 Å². The molecule has 0 aromatic heterocycles. The fraction of sp³-hybridized carbons (Fsp3) is 0.261. The number of rotatable bonds is 5. The van der Waals surface area contributed by atoms with Gasteiger partial charge in [-0.15, -0.1) is 5.10 Å². The minimum absolute atomic E-state index is 0.302. The molecule has 0 spiro atoms. The van der Waals surface area contributed by atoms with Gasteiger partial charge < -0.3 is 9.80 Å². The average Bonchev–Trinajstić information content (AvgIpc) is 3.09. The maximum Gasteiger partial charge on any atom is 0.283 e. The minimum atomic E-state index is -0.302. The maximum atomic E-state index is 13.2. The van der Waals surface area contributed by atoms with Crippen molar-refractivity contribution in [3.05, 3.63) is 65.7 Å². The van der Waals surface area contributed by atoms with Gasteiger partial charge in [0.1, 0.15) is 11.6 Å². The molecule has 3 rings (SSSR count). The van der Waals surface area contributed by atoms with E-state index in [2.05, 4.69) is 29.9 Å². The van der Waals surface area contributed by atoms with Gasteiger partial charge in [0.2, 0.25) is 0 Å². The molecule has 0 fully saturated rings. The van der Waals surface area contributed by atoms with E-state index in [-0.39, 0.29) is 5.91 Å². The second-order valence-electron chi connectivity index (χ2n) is 6.85. The summed E-state index contributed by atoms with van der Waals surface area (Å²) in [6, 6.07) is 19.2. The highest BCUT2D eigenvalue weighted by molar-refractivity contribution is 6.34. The first-order valence-electron chi connectivity index (χ1n) is 9.67. The Kier molecular flexibility index (Phi) is 5.99. The van der Waals surface area contributed by atoms with Crippen LogP contribution in [0, 0.1) is 11.3 Å². The summed E-state index contributed by atoms with van der Waals surface area (Å²) in [5.41, 5.74) is 3.10. The Morgan fingerprint density at radius 2 is 1.66 bits per heavy atom. The molecule has 1 aliphatic rings. The normalized spacial score (nSPS) is 15.1. The lowest BCUT2D eigenvalue weighted by atomic mass is 9.99. The van der Waals surface area contributed by atoms with Crippen molar-refractivity contribution < 1.29 is 4.79 Å². The number of hydrogen-bond donors (Lipinski definition) is 0. The van der Waals surface area contributed by atoms with Crippen molar-refractivity contribution in [1.29, 1.82) is 5.26 Å². The van der Waals surface area contributed by atoms with Gasteiger partial charge in [-0.1, -0.05) is 30.3 Å². The highest BCUT2D eigenvalue weighted by atomic mass is 16.2. The molecular formula is C23H25N5O. The van der Waals surface area contributed by atoms with E-state index >= 15 is 0 Å². The number of allylic oxidation sites excluding steroid dienone is 1. The Hall–Kier alpha value is -3.59. The fourth-order valence-corrected chi connectivity index (χ4v) is 3.36. The Balaban J connectivity index is 2.07. The second-order valence-corrected chi connectivity index (χ2v) is 6.85. The van der Waals surface area contributed by atoms with Crippen molar-refractivity contribution in [2.75, 3.05) is 37.1 Å². The van der Waals surface area contributed by atoms with Crippen LogP contribution < -0.4 is 9.91 Å². The zero-order chi connectivity index (χ0) is 21.0. The minimum Gasteiger partial charge on any atom is -0.372 e. The summed E-state index contributed by atoms with van der Waals surface area (Å²) in [5, 5.41) is 15.8. The molecule has 0 atom stereocenters. The Labute approximate surface area is 172 Å². The SMILES string of the molecule is CCN(CC)c1ccc(/C(C#N)=C2\C(=O)N(c3ccccc3)N=C2N(C)C)cc1. The third-order valence-corrected chi connectivity index (χ3v) is 4.90. The van der Waals surface area contributed by atoms with Gasteiger partial charge in [0.25, 0.3) is 5.91 Å². The highest BCUT2D eigenvalue weighted by Crippen LogP contribution is 2.30. The van der Waals surface area contributed by atoms with Crippen molar-refractivity contribution >= 4 is 28.7 Å². The summed E-state index contributed by atoms with van der Waals surface area (Å²) in [4.78, 5) is 17.2. The molecule has 0 saturated heterocycles. The lowest BCUT2D eigenvalue weighted by molar-refractivity contribution is -0.114. The number of likely N-dealkylation sites (N-methyl/N-ethyl adjacent to an activating group) is 1. The van der Waals surface area contributed by atoms with Crippen molar-refractivity contribution in [3.63, 3.8) is 0 Å². The van der Waals surface area contributed by atoms with Crippen LogP contribution in [0.1, 0.15) is 19.4 Å². The molecule has 1 aliphatic heterocycles. The van der Waals surface area contributed by atoms with Crippen molar-refractivity contribution in [2.24, 2.45) is 5.10 Å². The number of benzene rings is 2. The van der Waals surface area contributed by atoms with E-state index < -0.39 is 0 Å². The van der Waals surface area contributed by atoms with Gasteiger partial charge in [-0.05, 0) is 43.7 Å². The molecule has 2 aromatic carbocycles. The van der Waals surface area contributed by atoms with E-state index in [4.69, 9.17) is 0 Å². The molecule has 6 heteroatoms. The number of amidine groups is 1. The first-order valence-corrected chi connectivity index (χ1v) is 9.67. The number of amides is 1. The molecular weight excluding hydrogens is 362 g/mol. The van der Waals surface area contributed by atoms with Gasteiger partial charge >= 0.3 is 0 Å². The molecule has 1 heterocycles. The molecule has 0 N–H and O–H groups in total. The number of hydrazone groups is 1. The highest BCUT2D eigenvalue weighted by Gasteiger charge is 2.35. The summed E-state index contributed by atoms with van der Waals surface area (Å²) in [6.45, 7) is 6.03. The van der Waals surface area contributed by atoms with Crippen LogP contribution in [0.4, 0.5) is 11.4 Å². The van der Waals surface area contributed by atoms with Gasteiger partial charge in [0.15, 0.2) is 5.84 Å². The van der Waals surface area contributed by atoms with Crippen molar-refractivity contribution in [1.82, 2.24) is 4.90 Å². The third kappa shape index (κ3) is 3.85. The Morgan fingerprint density at radius 3 is 2.17 bits per heavy atom. The van der Waals surface area contributed by atoms with Gasteiger partial charge in [-0.2, -0.15) is 10.3 Å². The van der Waals surface area contributed by atoms with Gasteiger partial charge in [-0.3, -0.25) is 4.79 Å². The number of nitrogens with zero attached hydrogens (tertiary/aromatic N) is 5. The van der Waals surface area contributed by atoms with Crippen LogP contribution in [0.2, 0.25) is 0 Å². The van der Waals surface area contributed by atoms with Crippen LogP contribution in [0.3, 0.4) is 0 Å². The fourth-order valence-electron chi connectivity index (χ4n) is 3.36. The van der Waals surface area contributed by atoms with Crippen LogP contribution in [0.15, 0.2) is 65.3 Å². The van der Waals surface area contributed by atoms with E-state index in [0.29, 0.717) is 28.2 Å². The Bertz CT molecular complexity index is 980. The number of carbonyl (C=O) groups is 1. The van der Waals surface area contributed by atoms with Crippen LogP contribution in [-0.2, 0) is 4.79 Å². The monoisotopic (exact) mass is 387 g/mol. The molecule has 2 aromatic rings. The van der Waals surface area contributed by atoms with Gasteiger partial charge in [-0.25, -0.2) is 0 Å². The van der Waals surface area contributed by atoms with E-state index in [1.54, 1.807) is 4.90 Å². The summed E-state index contributed by atoms with van der Waals surface area (Å²) in [6.07, 6.45) is 0. The predicted octanol–water partition coefficient (Wildman–Crippen LogP) is 3.73. The quantitative estimate of drug-likeness (QED) is 0.579. The van der Waals surface area contributed by atoms with E-state index in [9.17, 15) is 10.1 Å². The number of carbonyl (C=O) groups excluding carboxylic acids is 1. The van der Waals surface area contributed by atoms with Crippen LogP contribution >= 0.6 is 0 Å². The zero-order valence-corrected chi connectivity index (χ0v) is 17.3. The predicted molar refractivity (Wildman–Crippen MR) is 118 cm³/mol. The second kappa shape index (κ2) is 8.61. The van der Waals surface area contributed by atoms with Crippen molar-refractivity contribution in [3.8, 4) is 6.07 Å². The molecule has 148 valence electrons. The third-order valence-electron chi connectivity index (χ3n) is 4.90. The maximum absolute atomic E-state index is 13.2. The summed E-state index contributed by atoms with van der Waals surface area (Å²) in [5.74, 6) is 0.174. The standard InChI is InChI=1S/C23H25N5O/c1-5-27(6-2)18-14-12-17(13-15-18)20(16-24)21-22(26(3)4)25-28(23(21)29)19-10-8-7-9-11-19/h7-15H,5-6H2,1-4H3/b21-20-. The van der Waals surface area contributed by atoms with Gasteiger partial charge in [0, 0.05) is 32.9 Å². The largest absolute Gasteiger partial charge is 0.372 e. The van der Waals surface area contributed by atoms with Crippen LogP contribution in [-0.4, -0.2) is 43.8 Å².